The van der Waals surface area contributed by atoms with E-state index in [0.717, 1.165) is 89.1 Å². The van der Waals surface area contributed by atoms with Crippen molar-refractivity contribution in [2.75, 3.05) is 4.90 Å². The summed E-state index contributed by atoms with van der Waals surface area (Å²) in [5, 5.41) is 7.15. The summed E-state index contributed by atoms with van der Waals surface area (Å²) in [6.07, 6.45) is 0. The van der Waals surface area contributed by atoms with Crippen molar-refractivity contribution >= 4 is 82.7 Å². The fraction of sp³-hybridized carbons (Fsp3) is 0. The minimum Gasteiger partial charge on any atom is -0.455 e. The van der Waals surface area contributed by atoms with Crippen LogP contribution in [0, 0.1) is 0 Å². The Balaban J connectivity index is 1.01. The van der Waals surface area contributed by atoms with Crippen molar-refractivity contribution in [2.24, 2.45) is 0 Å². The van der Waals surface area contributed by atoms with Crippen LogP contribution >= 0.6 is 0 Å². The first kappa shape index (κ1) is 36.0. The summed E-state index contributed by atoms with van der Waals surface area (Å²) in [7, 11) is 0. The second-order valence-corrected chi connectivity index (χ2v) is 16.3. The lowest BCUT2D eigenvalue weighted by molar-refractivity contribution is 0.621. The van der Waals surface area contributed by atoms with E-state index in [1.165, 1.54) is 27.1 Å². The number of rotatable bonds is 7. The molecule has 13 aromatic rings. The maximum absolute atomic E-state index is 6.54. The number of aromatic nitrogens is 2. The summed E-state index contributed by atoms with van der Waals surface area (Å²) < 4.78 is 15.4. The summed E-state index contributed by atoms with van der Waals surface area (Å²) >= 11 is 0. The average molecular weight is 820 g/mol. The number of oxazole rings is 1. The van der Waals surface area contributed by atoms with Crippen LogP contribution in [0.15, 0.2) is 233 Å². The van der Waals surface area contributed by atoms with E-state index in [2.05, 4.69) is 185 Å². The molecule has 3 aromatic heterocycles. The Morgan fingerprint density at radius 1 is 0.391 bits per heavy atom. The summed E-state index contributed by atoms with van der Waals surface area (Å²) in [6.45, 7) is 0. The van der Waals surface area contributed by atoms with Gasteiger partial charge in [0.2, 0.25) is 5.89 Å². The van der Waals surface area contributed by atoms with Crippen molar-refractivity contribution in [1.29, 1.82) is 0 Å². The first-order valence-corrected chi connectivity index (χ1v) is 21.6. The van der Waals surface area contributed by atoms with Gasteiger partial charge in [0.15, 0.2) is 5.58 Å². The molecular weight excluding hydrogens is 783 g/mol. The van der Waals surface area contributed by atoms with Crippen LogP contribution in [0.3, 0.4) is 0 Å². The molecule has 300 valence electrons. The molecule has 64 heavy (non-hydrogen) atoms. The van der Waals surface area contributed by atoms with Gasteiger partial charge in [-0.05, 0) is 101 Å². The molecule has 0 aliphatic carbocycles. The van der Waals surface area contributed by atoms with Gasteiger partial charge in [0.1, 0.15) is 16.7 Å². The number of nitrogens with zero attached hydrogens (tertiary/aromatic N) is 3. The molecular formula is C59H37N3O2. The zero-order chi connectivity index (χ0) is 42.1. The van der Waals surface area contributed by atoms with Gasteiger partial charge in [-0.15, -0.1) is 0 Å². The Morgan fingerprint density at radius 3 is 1.92 bits per heavy atom. The molecule has 0 radical (unpaired) electrons. The van der Waals surface area contributed by atoms with E-state index in [9.17, 15) is 0 Å². The van der Waals surface area contributed by atoms with Crippen LogP contribution in [0.1, 0.15) is 0 Å². The number of anilines is 3. The minimum absolute atomic E-state index is 0.606. The monoisotopic (exact) mass is 819 g/mol. The van der Waals surface area contributed by atoms with Crippen LogP contribution in [0.5, 0.6) is 0 Å². The molecule has 0 amide bonds. The first-order valence-electron chi connectivity index (χ1n) is 21.6. The smallest absolute Gasteiger partial charge is 0.227 e. The Kier molecular flexibility index (Phi) is 8.15. The molecule has 0 bridgehead atoms. The Hall–Kier alpha value is -8.67. The van der Waals surface area contributed by atoms with Gasteiger partial charge in [0.25, 0.3) is 0 Å². The van der Waals surface area contributed by atoms with E-state index in [1.54, 1.807) is 0 Å². The third-order valence-electron chi connectivity index (χ3n) is 12.6. The molecule has 0 fully saturated rings. The Morgan fingerprint density at radius 2 is 1.06 bits per heavy atom. The van der Waals surface area contributed by atoms with Crippen molar-refractivity contribution < 1.29 is 8.83 Å². The van der Waals surface area contributed by atoms with Crippen LogP contribution in [-0.4, -0.2) is 9.55 Å². The highest BCUT2D eigenvalue weighted by atomic mass is 16.3. The number of fused-ring (bicyclic) bond motifs is 9. The van der Waals surface area contributed by atoms with Crippen molar-refractivity contribution in [3.63, 3.8) is 0 Å². The summed E-state index contributed by atoms with van der Waals surface area (Å²) in [5.41, 5.74) is 14.9. The molecule has 0 saturated carbocycles. The highest BCUT2D eigenvalue weighted by Crippen LogP contribution is 2.44. The lowest BCUT2D eigenvalue weighted by Crippen LogP contribution is -2.10. The molecule has 0 aliphatic heterocycles. The zero-order valence-electron chi connectivity index (χ0n) is 34.5. The van der Waals surface area contributed by atoms with Crippen molar-refractivity contribution in [3.8, 4) is 39.4 Å². The lowest BCUT2D eigenvalue weighted by Gasteiger charge is -2.26. The maximum Gasteiger partial charge on any atom is 0.227 e. The van der Waals surface area contributed by atoms with E-state index >= 15 is 0 Å². The lowest BCUT2D eigenvalue weighted by atomic mass is 10.0. The third-order valence-corrected chi connectivity index (χ3v) is 12.6. The number of para-hydroxylation sites is 4. The third kappa shape index (κ3) is 5.75. The molecule has 3 heterocycles. The number of furan rings is 1. The van der Waals surface area contributed by atoms with Crippen LogP contribution in [0.25, 0.3) is 105 Å². The summed E-state index contributed by atoms with van der Waals surface area (Å²) in [6, 6.07) is 79.3. The highest BCUT2D eigenvalue weighted by molar-refractivity contribution is 6.22. The topological polar surface area (TPSA) is 47.3 Å². The van der Waals surface area contributed by atoms with Crippen LogP contribution in [0.4, 0.5) is 17.1 Å². The van der Waals surface area contributed by atoms with Crippen LogP contribution < -0.4 is 4.90 Å². The molecule has 0 saturated heterocycles. The summed E-state index contributed by atoms with van der Waals surface area (Å²) in [5.74, 6) is 0.606. The van der Waals surface area contributed by atoms with Crippen molar-refractivity contribution in [1.82, 2.24) is 9.55 Å². The molecule has 0 N–H and O–H groups in total. The summed E-state index contributed by atoms with van der Waals surface area (Å²) in [4.78, 5) is 7.26. The van der Waals surface area contributed by atoms with E-state index in [0.29, 0.717) is 5.89 Å². The molecule has 10 aromatic carbocycles. The number of hydrogen-bond acceptors (Lipinski definition) is 4. The van der Waals surface area contributed by atoms with Gasteiger partial charge in [-0.2, -0.15) is 0 Å². The maximum atomic E-state index is 6.54. The predicted molar refractivity (Wildman–Crippen MR) is 264 cm³/mol. The van der Waals surface area contributed by atoms with E-state index in [4.69, 9.17) is 13.8 Å². The van der Waals surface area contributed by atoms with Crippen LogP contribution in [0.2, 0.25) is 0 Å². The van der Waals surface area contributed by atoms with Gasteiger partial charge in [-0.1, -0.05) is 146 Å². The van der Waals surface area contributed by atoms with Gasteiger partial charge < -0.3 is 18.3 Å². The van der Waals surface area contributed by atoms with Crippen molar-refractivity contribution in [3.05, 3.63) is 224 Å². The first-order chi connectivity index (χ1) is 31.7. The number of hydrogen-bond donors (Lipinski definition) is 0. The zero-order valence-corrected chi connectivity index (χ0v) is 34.5. The number of benzene rings is 10. The van der Waals surface area contributed by atoms with Gasteiger partial charge >= 0.3 is 0 Å². The van der Waals surface area contributed by atoms with Crippen LogP contribution in [-0.2, 0) is 0 Å². The molecule has 13 rings (SSSR count). The quantitative estimate of drug-likeness (QED) is 0.161. The SMILES string of the molecule is c1ccc(-c2nc3cccc(-c4cccc(N(c5ccc(-c6cccc7c6oc6ccccc67)cc5)c5ccc6c7c8ccccc8ccc7n(-c7ccccc7)c6c5)c4)c3o2)cc1. The van der Waals surface area contributed by atoms with Gasteiger partial charge in [0.05, 0.1) is 11.0 Å². The average Bonchev–Trinajstić information content (AvgIpc) is 4.07. The second kappa shape index (κ2) is 14.5. The Bertz CT molecular complexity index is 3900. The van der Waals surface area contributed by atoms with E-state index < -0.39 is 0 Å². The van der Waals surface area contributed by atoms with E-state index in [-0.39, 0.29) is 0 Å². The fourth-order valence-electron chi connectivity index (χ4n) is 9.67. The minimum atomic E-state index is 0.606. The highest BCUT2D eigenvalue weighted by Gasteiger charge is 2.21. The molecule has 5 nitrogen and oxygen atoms in total. The largest absolute Gasteiger partial charge is 0.455 e. The van der Waals surface area contributed by atoms with E-state index in [1.807, 2.05) is 48.5 Å². The fourth-order valence-corrected chi connectivity index (χ4v) is 9.67. The van der Waals surface area contributed by atoms with Crippen molar-refractivity contribution in [2.45, 2.75) is 0 Å². The normalized spacial score (nSPS) is 11.8. The molecule has 5 heteroatoms. The Labute approximate surface area is 368 Å². The standard InChI is InChI=1S/C59H37N3O2/c1-3-15-40(16-4-1)59-60-52-26-13-24-48(58(52)64-59)41-17-11-20-44(36-41)61(43-31-28-39(29-32-43)47-23-12-25-50-49-22-9-10-27-55(49)63-57(47)50)45-33-34-51-54(37-45)62(42-18-5-2-6-19-42)53-35-30-38-14-7-8-21-46(38)56(51)53/h1-37H. The van der Waals surface area contributed by atoms with Gasteiger partial charge in [0, 0.05) is 61.0 Å². The predicted octanol–water partition coefficient (Wildman–Crippen LogP) is 16.4. The van der Waals surface area contributed by atoms with Gasteiger partial charge in [-0.3, -0.25) is 0 Å². The molecule has 0 spiro atoms. The molecule has 0 unspecified atom stereocenters. The van der Waals surface area contributed by atoms with Gasteiger partial charge in [-0.25, -0.2) is 4.98 Å². The molecule has 0 aliphatic rings. The second-order valence-electron chi connectivity index (χ2n) is 16.3. The molecule has 0 atom stereocenters.